The van der Waals surface area contributed by atoms with Gasteiger partial charge < -0.3 is 10.1 Å². The average Bonchev–Trinajstić information content (AvgIpc) is 3.21. The van der Waals surface area contributed by atoms with E-state index in [0.29, 0.717) is 23.4 Å². The normalized spacial score (nSPS) is 10.7. The fourth-order valence-corrected chi connectivity index (χ4v) is 3.26. The third-order valence-corrected chi connectivity index (χ3v) is 4.92. The number of hydrogen-bond donors (Lipinski definition) is 2. The Morgan fingerprint density at radius 1 is 1.00 bits per heavy atom. The maximum atomic E-state index is 12.5. The van der Waals surface area contributed by atoms with Crippen molar-refractivity contribution in [2.75, 3.05) is 11.9 Å². The molecular formula is C24H23N5O2S. The summed E-state index contributed by atoms with van der Waals surface area (Å²) in [5, 5.41) is 15.0. The molecule has 7 nitrogen and oxygen atoms in total. The Bertz CT molecular complexity index is 1250. The molecule has 0 aliphatic heterocycles. The molecule has 0 saturated heterocycles. The number of amides is 1. The Morgan fingerprint density at radius 2 is 1.72 bits per heavy atom. The van der Waals surface area contributed by atoms with Gasteiger partial charge in [-0.3, -0.25) is 10.1 Å². The van der Waals surface area contributed by atoms with Gasteiger partial charge in [0.2, 0.25) is 0 Å². The Balaban J connectivity index is 1.40. The average molecular weight is 446 g/mol. The van der Waals surface area contributed by atoms with Crippen LogP contribution < -0.4 is 15.4 Å². The van der Waals surface area contributed by atoms with Crippen molar-refractivity contribution in [3.05, 3.63) is 77.9 Å². The van der Waals surface area contributed by atoms with Crippen molar-refractivity contribution < 1.29 is 9.53 Å². The highest BCUT2D eigenvalue weighted by molar-refractivity contribution is 7.80. The van der Waals surface area contributed by atoms with E-state index in [0.717, 1.165) is 23.4 Å². The highest BCUT2D eigenvalue weighted by Gasteiger charge is 2.10. The molecule has 0 saturated carbocycles. The first-order valence-corrected chi connectivity index (χ1v) is 10.7. The zero-order valence-electron chi connectivity index (χ0n) is 17.8. The monoisotopic (exact) mass is 445 g/mol. The summed E-state index contributed by atoms with van der Waals surface area (Å²) in [5.74, 6) is 0.437. The van der Waals surface area contributed by atoms with E-state index in [1.54, 1.807) is 29.1 Å². The van der Waals surface area contributed by atoms with Crippen molar-refractivity contribution in [3.63, 3.8) is 0 Å². The number of ether oxygens (including phenoxy) is 1. The SMILES string of the molecule is CCCOc1ccc(C(=O)NC(=S)Nc2ccc3nn(-c4ccc(C)cc4)nc3c2)cc1. The van der Waals surface area contributed by atoms with E-state index in [2.05, 4.69) is 20.8 Å². The Labute approximate surface area is 191 Å². The number of anilines is 1. The summed E-state index contributed by atoms with van der Waals surface area (Å²) in [4.78, 5) is 14.1. The lowest BCUT2D eigenvalue weighted by Gasteiger charge is -2.10. The number of carbonyl (C=O) groups excluding carboxylic acids is 1. The lowest BCUT2D eigenvalue weighted by Crippen LogP contribution is -2.34. The molecule has 0 aliphatic rings. The number of thiocarbonyl (C=S) groups is 1. The maximum absolute atomic E-state index is 12.5. The number of aromatic nitrogens is 3. The molecule has 0 unspecified atom stereocenters. The van der Waals surface area contributed by atoms with E-state index < -0.39 is 0 Å². The summed E-state index contributed by atoms with van der Waals surface area (Å²) < 4.78 is 5.54. The number of benzene rings is 3. The van der Waals surface area contributed by atoms with Gasteiger partial charge in [-0.15, -0.1) is 10.2 Å². The van der Waals surface area contributed by atoms with Crippen molar-refractivity contribution in [2.45, 2.75) is 20.3 Å². The van der Waals surface area contributed by atoms with Gasteiger partial charge in [0.25, 0.3) is 5.91 Å². The molecule has 2 N–H and O–H groups in total. The Morgan fingerprint density at radius 3 is 2.44 bits per heavy atom. The van der Waals surface area contributed by atoms with Crippen molar-refractivity contribution in [1.82, 2.24) is 20.3 Å². The van der Waals surface area contributed by atoms with Crippen LogP contribution in [0.5, 0.6) is 5.75 Å². The zero-order valence-corrected chi connectivity index (χ0v) is 18.6. The fraction of sp³-hybridized carbons (Fsp3) is 0.167. The van der Waals surface area contributed by atoms with Crippen LogP contribution in [-0.4, -0.2) is 32.6 Å². The van der Waals surface area contributed by atoms with Crippen LogP contribution in [0.2, 0.25) is 0 Å². The van der Waals surface area contributed by atoms with E-state index in [4.69, 9.17) is 17.0 Å². The molecule has 0 bridgehead atoms. The van der Waals surface area contributed by atoms with E-state index in [1.165, 1.54) is 5.56 Å². The van der Waals surface area contributed by atoms with Crippen LogP contribution in [0.15, 0.2) is 66.7 Å². The minimum atomic E-state index is -0.295. The van der Waals surface area contributed by atoms with Crippen LogP contribution in [0.1, 0.15) is 29.3 Å². The minimum absolute atomic E-state index is 0.201. The molecule has 32 heavy (non-hydrogen) atoms. The van der Waals surface area contributed by atoms with Crippen molar-refractivity contribution in [3.8, 4) is 11.4 Å². The number of fused-ring (bicyclic) bond motifs is 1. The molecule has 1 heterocycles. The molecule has 4 rings (SSSR count). The topological polar surface area (TPSA) is 81.1 Å². The van der Waals surface area contributed by atoms with Crippen LogP contribution in [0.4, 0.5) is 5.69 Å². The molecule has 3 aromatic carbocycles. The summed E-state index contributed by atoms with van der Waals surface area (Å²) in [7, 11) is 0. The molecule has 8 heteroatoms. The second kappa shape index (κ2) is 9.57. The molecule has 0 atom stereocenters. The van der Waals surface area contributed by atoms with Gasteiger partial charge in [-0.25, -0.2) is 0 Å². The third-order valence-electron chi connectivity index (χ3n) is 4.72. The van der Waals surface area contributed by atoms with E-state index in [9.17, 15) is 4.79 Å². The van der Waals surface area contributed by atoms with E-state index in [-0.39, 0.29) is 11.0 Å². The largest absolute Gasteiger partial charge is 0.494 e. The third kappa shape index (κ3) is 5.09. The van der Waals surface area contributed by atoms with Gasteiger partial charge in [0.15, 0.2) is 5.11 Å². The highest BCUT2D eigenvalue weighted by Crippen LogP contribution is 2.18. The van der Waals surface area contributed by atoms with Gasteiger partial charge in [-0.1, -0.05) is 24.6 Å². The van der Waals surface area contributed by atoms with Gasteiger partial charge in [-0.2, -0.15) is 4.80 Å². The van der Waals surface area contributed by atoms with Gasteiger partial charge in [0.05, 0.1) is 12.3 Å². The summed E-state index contributed by atoms with van der Waals surface area (Å²) in [6.07, 6.45) is 0.927. The molecule has 0 aliphatic carbocycles. The van der Waals surface area contributed by atoms with Gasteiger partial charge in [0.1, 0.15) is 16.8 Å². The molecule has 162 valence electrons. The molecule has 0 fully saturated rings. The molecule has 1 amide bonds. The first-order chi connectivity index (χ1) is 15.5. The lowest BCUT2D eigenvalue weighted by atomic mass is 10.2. The molecular weight excluding hydrogens is 422 g/mol. The predicted octanol–water partition coefficient (Wildman–Crippen LogP) is 4.64. The summed E-state index contributed by atoms with van der Waals surface area (Å²) in [5.41, 5.74) is 4.74. The standard InChI is InChI=1S/C24H23N5O2S/c1-3-14-31-20-11-6-17(7-12-20)23(30)26-24(32)25-18-8-13-21-22(15-18)28-29(27-21)19-9-4-16(2)5-10-19/h4-13,15H,3,14H2,1-2H3,(H2,25,26,30,32). The predicted molar refractivity (Wildman–Crippen MR) is 130 cm³/mol. The van der Waals surface area contributed by atoms with Crippen LogP contribution in [0.25, 0.3) is 16.7 Å². The quantitative estimate of drug-likeness (QED) is 0.421. The van der Waals surface area contributed by atoms with Crippen molar-refractivity contribution in [1.29, 1.82) is 0 Å². The van der Waals surface area contributed by atoms with Gasteiger partial charge in [0, 0.05) is 11.3 Å². The fourth-order valence-electron chi connectivity index (χ4n) is 3.05. The van der Waals surface area contributed by atoms with E-state index in [1.807, 2.05) is 56.3 Å². The first kappa shape index (κ1) is 21.5. The van der Waals surface area contributed by atoms with Crippen molar-refractivity contribution in [2.24, 2.45) is 0 Å². The number of nitrogens with one attached hydrogen (secondary N) is 2. The number of aryl methyl sites for hydroxylation is 1. The number of rotatable bonds is 6. The Hall–Kier alpha value is -3.78. The minimum Gasteiger partial charge on any atom is -0.494 e. The molecule has 0 spiro atoms. The first-order valence-electron chi connectivity index (χ1n) is 10.3. The molecule has 4 aromatic rings. The van der Waals surface area contributed by atoms with Gasteiger partial charge >= 0.3 is 0 Å². The van der Waals surface area contributed by atoms with Crippen LogP contribution in [-0.2, 0) is 0 Å². The van der Waals surface area contributed by atoms with Crippen LogP contribution in [0.3, 0.4) is 0 Å². The second-order valence-electron chi connectivity index (χ2n) is 7.31. The zero-order chi connectivity index (χ0) is 22.5. The molecule has 0 radical (unpaired) electrons. The lowest BCUT2D eigenvalue weighted by molar-refractivity contribution is 0.0977. The number of hydrogen-bond acceptors (Lipinski definition) is 5. The van der Waals surface area contributed by atoms with Crippen LogP contribution in [0, 0.1) is 6.92 Å². The van der Waals surface area contributed by atoms with E-state index >= 15 is 0 Å². The summed E-state index contributed by atoms with van der Waals surface area (Å²) >= 11 is 5.30. The molecule has 1 aromatic heterocycles. The second-order valence-corrected chi connectivity index (χ2v) is 7.72. The highest BCUT2D eigenvalue weighted by atomic mass is 32.1. The Kier molecular flexibility index (Phi) is 6.42. The van der Waals surface area contributed by atoms with Gasteiger partial charge in [-0.05, 0) is 80.2 Å². The maximum Gasteiger partial charge on any atom is 0.257 e. The summed E-state index contributed by atoms with van der Waals surface area (Å²) in [6, 6.07) is 20.5. The van der Waals surface area contributed by atoms with Crippen LogP contribution >= 0.6 is 12.2 Å². The summed E-state index contributed by atoms with van der Waals surface area (Å²) in [6.45, 7) is 4.72. The smallest absolute Gasteiger partial charge is 0.257 e. The van der Waals surface area contributed by atoms with Crippen molar-refractivity contribution >= 4 is 40.0 Å². The number of nitrogens with zero attached hydrogens (tertiary/aromatic N) is 3. The number of carbonyl (C=O) groups is 1.